The maximum atomic E-state index is 7.12. The van der Waals surface area contributed by atoms with Crippen LogP contribution in [-0.4, -0.2) is 11.2 Å². The lowest BCUT2D eigenvalue weighted by atomic mass is 9.95. The van der Waals surface area contributed by atoms with E-state index in [2.05, 4.69) is 268 Å². The number of anilines is 7. The first-order valence-corrected chi connectivity index (χ1v) is 24.1. The van der Waals surface area contributed by atoms with E-state index in [1.807, 2.05) is 6.07 Å². The van der Waals surface area contributed by atoms with Gasteiger partial charge in [0, 0.05) is 67.6 Å². The zero-order valence-electron chi connectivity index (χ0n) is 38.6. The Morgan fingerprint density at radius 1 is 0.366 bits per heavy atom. The van der Waals surface area contributed by atoms with E-state index in [4.69, 9.17) is 8.83 Å². The summed E-state index contributed by atoms with van der Waals surface area (Å²) < 4.78 is 16.4. The van der Waals surface area contributed by atoms with E-state index in [0.29, 0.717) is 12.6 Å². The van der Waals surface area contributed by atoms with E-state index >= 15 is 0 Å². The fourth-order valence-electron chi connectivity index (χ4n) is 10.8. The molecule has 0 fully saturated rings. The van der Waals surface area contributed by atoms with Crippen molar-refractivity contribution < 1.29 is 8.83 Å². The van der Waals surface area contributed by atoms with Gasteiger partial charge in [-0.3, -0.25) is 4.90 Å². The average molecular weight is 913 g/mol. The van der Waals surface area contributed by atoms with Crippen LogP contribution in [0, 0.1) is 0 Å². The van der Waals surface area contributed by atoms with Gasteiger partial charge in [-0.2, -0.15) is 0 Å². The summed E-state index contributed by atoms with van der Waals surface area (Å²) in [6.07, 6.45) is 0. The summed E-state index contributed by atoms with van der Waals surface area (Å²) in [5, 5.41) is 4.53. The van der Waals surface area contributed by atoms with Crippen LogP contribution < -0.4 is 14.7 Å². The molecule has 14 rings (SSSR count). The lowest BCUT2D eigenvalue weighted by Crippen LogP contribution is -2.23. The molecule has 71 heavy (non-hydrogen) atoms. The largest absolute Gasteiger partial charge is 0.456 e. The second-order valence-corrected chi connectivity index (χ2v) is 18.1. The molecule has 0 atom stereocenters. The highest BCUT2D eigenvalue weighted by atomic mass is 16.4. The second-order valence-electron chi connectivity index (χ2n) is 18.1. The Morgan fingerprint density at radius 2 is 0.986 bits per heavy atom. The monoisotopic (exact) mass is 912 g/mol. The van der Waals surface area contributed by atoms with Gasteiger partial charge in [-0.15, -0.1) is 0 Å². The molecular formula is C65H44N4O2. The maximum absolute atomic E-state index is 7.12. The molecule has 0 bridgehead atoms. The van der Waals surface area contributed by atoms with Crippen molar-refractivity contribution in [1.29, 1.82) is 0 Å². The second kappa shape index (κ2) is 16.6. The van der Waals surface area contributed by atoms with Gasteiger partial charge in [-0.1, -0.05) is 158 Å². The number of furan rings is 2. The summed E-state index contributed by atoms with van der Waals surface area (Å²) in [6, 6.07) is 90.3. The first-order chi connectivity index (χ1) is 35.2. The summed E-state index contributed by atoms with van der Waals surface area (Å²) in [4.78, 5) is 7.07. The third-order valence-corrected chi connectivity index (χ3v) is 14.0. The average Bonchev–Trinajstić information content (AvgIpc) is 4.25. The molecule has 0 saturated carbocycles. The molecule has 0 aliphatic carbocycles. The van der Waals surface area contributed by atoms with E-state index in [9.17, 15) is 0 Å². The summed E-state index contributed by atoms with van der Waals surface area (Å²) in [6.45, 7) is 0.655. The molecule has 0 amide bonds. The standard InChI is InChI=1S/C65H44N4O2/c1-5-18-44(19-6-1)45-32-35-50(36-33-45)68(63-39-38-60(71-63)46-34-37-53-52-26-13-15-29-57(52)69(59(53)40-46)49-24-11-4-12-25-49)51-41-56(64-55-27-14-16-31-61(55)70-62(64)42-51)54-28-17-30-58-65(54)67(48-22-9-3-10-23-48)43-66(58)47-20-7-2-8-21-47/h1-42H,43H2. The molecule has 10 aromatic carbocycles. The van der Waals surface area contributed by atoms with Gasteiger partial charge in [0.25, 0.3) is 0 Å². The van der Waals surface area contributed by atoms with Gasteiger partial charge in [-0.25, -0.2) is 0 Å². The van der Waals surface area contributed by atoms with Crippen molar-refractivity contribution in [2.75, 3.05) is 21.4 Å². The summed E-state index contributed by atoms with van der Waals surface area (Å²) >= 11 is 0. The SMILES string of the molecule is c1ccc(-c2ccc(N(c3cc(-c4cccc5c4N(c4ccccc4)CN5c4ccccc4)c4c(c3)oc3ccccc34)c3ccc(-c4ccc5c6ccccc6n(-c6ccccc6)c5c4)o3)cc2)cc1. The molecule has 4 heterocycles. The predicted molar refractivity (Wildman–Crippen MR) is 293 cm³/mol. The fourth-order valence-corrected chi connectivity index (χ4v) is 10.8. The predicted octanol–water partition coefficient (Wildman–Crippen LogP) is 18.0. The van der Waals surface area contributed by atoms with Crippen LogP contribution >= 0.6 is 0 Å². The minimum Gasteiger partial charge on any atom is -0.456 e. The van der Waals surface area contributed by atoms with Crippen molar-refractivity contribution in [2.45, 2.75) is 0 Å². The zero-order valence-corrected chi connectivity index (χ0v) is 38.6. The van der Waals surface area contributed by atoms with Crippen molar-refractivity contribution in [1.82, 2.24) is 4.57 Å². The van der Waals surface area contributed by atoms with Crippen LogP contribution in [0.3, 0.4) is 0 Å². The van der Waals surface area contributed by atoms with E-state index < -0.39 is 0 Å². The molecule has 0 radical (unpaired) electrons. The Morgan fingerprint density at radius 3 is 1.75 bits per heavy atom. The first-order valence-electron chi connectivity index (χ1n) is 24.1. The summed E-state index contributed by atoms with van der Waals surface area (Å²) in [5.74, 6) is 1.44. The van der Waals surface area contributed by atoms with Crippen LogP contribution in [0.15, 0.2) is 264 Å². The van der Waals surface area contributed by atoms with Crippen LogP contribution in [0.4, 0.5) is 40.0 Å². The highest BCUT2D eigenvalue weighted by Crippen LogP contribution is 2.53. The third-order valence-electron chi connectivity index (χ3n) is 14.0. The number of benzene rings is 10. The highest BCUT2D eigenvalue weighted by molar-refractivity contribution is 6.16. The molecule has 6 nitrogen and oxygen atoms in total. The van der Waals surface area contributed by atoms with Gasteiger partial charge < -0.3 is 23.2 Å². The van der Waals surface area contributed by atoms with Crippen LogP contribution in [0.2, 0.25) is 0 Å². The molecule has 0 unspecified atom stereocenters. The van der Waals surface area contributed by atoms with E-state index in [1.54, 1.807) is 0 Å². The number of aromatic nitrogens is 1. The van der Waals surface area contributed by atoms with Crippen molar-refractivity contribution in [3.05, 3.63) is 255 Å². The smallest absolute Gasteiger partial charge is 0.205 e. The van der Waals surface area contributed by atoms with Crippen molar-refractivity contribution in [2.24, 2.45) is 0 Å². The van der Waals surface area contributed by atoms with Gasteiger partial charge in [0.2, 0.25) is 5.88 Å². The fraction of sp³-hybridized carbons (Fsp3) is 0.0154. The summed E-state index contributed by atoms with van der Waals surface area (Å²) in [5.41, 5.74) is 16.8. The molecule has 6 heteroatoms. The maximum Gasteiger partial charge on any atom is 0.205 e. The van der Waals surface area contributed by atoms with Crippen LogP contribution in [0.25, 0.3) is 83.0 Å². The van der Waals surface area contributed by atoms with E-state index in [0.717, 1.165) is 106 Å². The molecule has 1 aliphatic heterocycles. The Labute approximate surface area is 410 Å². The minimum absolute atomic E-state index is 0.655. The molecule has 336 valence electrons. The van der Waals surface area contributed by atoms with Crippen LogP contribution in [0.1, 0.15) is 0 Å². The van der Waals surface area contributed by atoms with Crippen molar-refractivity contribution in [3.63, 3.8) is 0 Å². The molecular weight excluding hydrogens is 869 g/mol. The van der Waals surface area contributed by atoms with E-state index in [1.165, 1.54) is 10.8 Å². The van der Waals surface area contributed by atoms with Gasteiger partial charge >= 0.3 is 0 Å². The van der Waals surface area contributed by atoms with Gasteiger partial charge in [0.05, 0.1) is 28.1 Å². The van der Waals surface area contributed by atoms with Gasteiger partial charge in [-0.05, 0) is 102 Å². The van der Waals surface area contributed by atoms with Crippen LogP contribution in [-0.2, 0) is 0 Å². The molecule has 0 N–H and O–H groups in total. The van der Waals surface area contributed by atoms with E-state index in [-0.39, 0.29) is 0 Å². The number of para-hydroxylation sites is 6. The quantitative estimate of drug-likeness (QED) is 0.144. The Kier molecular flexibility index (Phi) is 9.49. The number of fused-ring (bicyclic) bond motifs is 7. The Hall–Kier alpha value is -9.52. The minimum atomic E-state index is 0.655. The topological polar surface area (TPSA) is 40.9 Å². The van der Waals surface area contributed by atoms with Crippen molar-refractivity contribution in [3.8, 4) is 39.3 Å². The normalized spacial score (nSPS) is 12.4. The third kappa shape index (κ3) is 6.79. The number of nitrogens with zero attached hydrogens (tertiary/aromatic N) is 4. The number of hydrogen-bond acceptors (Lipinski definition) is 5. The molecule has 3 aromatic heterocycles. The lowest BCUT2D eigenvalue weighted by molar-refractivity contribution is 0.588. The van der Waals surface area contributed by atoms with Gasteiger partial charge in [0.15, 0.2) is 0 Å². The number of hydrogen-bond donors (Lipinski definition) is 0. The Bertz CT molecular complexity index is 4080. The van der Waals surface area contributed by atoms with Crippen LogP contribution in [0.5, 0.6) is 0 Å². The number of rotatable bonds is 9. The van der Waals surface area contributed by atoms with Gasteiger partial charge in [0.1, 0.15) is 23.6 Å². The Balaban J connectivity index is 0.977. The molecule has 0 spiro atoms. The lowest BCUT2D eigenvalue weighted by Gasteiger charge is -2.25. The molecule has 1 aliphatic rings. The molecule has 0 saturated heterocycles. The first kappa shape index (κ1) is 40.5. The van der Waals surface area contributed by atoms with Crippen molar-refractivity contribution >= 4 is 83.8 Å². The summed E-state index contributed by atoms with van der Waals surface area (Å²) in [7, 11) is 0. The molecule has 13 aromatic rings. The highest BCUT2D eigenvalue weighted by Gasteiger charge is 2.32. The zero-order chi connectivity index (χ0) is 46.8.